The number of phenolic OH excluding ortho intramolecular Hbond substituents is 2. The number of hydrogen-bond donors (Lipinski definition) is 2. The molecule has 3 aromatic carbocycles. The number of aryl methyl sites for hydroxylation is 1. The average molecular weight is 384 g/mol. The molecule has 146 valence electrons. The fourth-order valence-corrected chi connectivity index (χ4v) is 5.05. The molecular weight excluding hydrogens is 360 g/mol. The second-order valence-corrected chi connectivity index (χ2v) is 8.26. The van der Waals surface area contributed by atoms with Crippen LogP contribution in [0, 0.1) is 5.41 Å². The number of benzene rings is 3. The first-order valence-electron chi connectivity index (χ1n) is 10.1. The highest BCUT2D eigenvalue weighted by Crippen LogP contribution is 2.54. The molecule has 0 saturated heterocycles. The first kappa shape index (κ1) is 17.9. The van der Waals surface area contributed by atoms with Crippen LogP contribution in [0.25, 0.3) is 11.6 Å². The number of allylic oxidation sites excluding steroid dienone is 1. The molecule has 3 nitrogen and oxygen atoms in total. The van der Waals surface area contributed by atoms with Crippen LogP contribution in [0.3, 0.4) is 0 Å². The summed E-state index contributed by atoms with van der Waals surface area (Å²) in [5, 5.41) is 20.0. The number of fused-ring (bicyclic) bond motifs is 2. The smallest absolute Gasteiger partial charge is 0.118 e. The number of aromatic hydroxyl groups is 2. The molecule has 2 N–H and O–H groups in total. The van der Waals surface area contributed by atoms with Crippen LogP contribution >= 0.6 is 0 Å². The molecule has 1 unspecified atom stereocenters. The molecule has 5 rings (SSSR count). The molecular formula is C26H24O3. The van der Waals surface area contributed by atoms with Crippen LogP contribution in [0.15, 0.2) is 60.7 Å². The van der Waals surface area contributed by atoms with Gasteiger partial charge in [-0.25, -0.2) is 0 Å². The summed E-state index contributed by atoms with van der Waals surface area (Å²) in [6, 6.07) is 19.7. The summed E-state index contributed by atoms with van der Waals surface area (Å²) in [5.41, 5.74) is 7.47. The van der Waals surface area contributed by atoms with Gasteiger partial charge in [-0.15, -0.1) is 0 Å². The SMILES string of the molecule is COc1ccc(C=C2c3ccc(O)cc3CCC23Cc2ccc(O)cc2C3)cc1. The highest BCUT2D eigenvalue weighted by Gasteiger charge is 2.43. The molecule has 1 atom stereocenters. The largest absolute Gasteiger partial charge is 0.508 e. The normalized spacial score (nSPS) is 21.2. The fourth-order valence-electron chi connectivity index (χ4n) is 5.05. The van der Waals surface area contributed by atoms with E-state index in [-0.39, 0.29) is 5.41 Å². The third-order valence-electron chi connectivity index (χ3n) is 6.50. The summed E-state index contributed by atoms with van der Waals surface area (Å²) in [6.07, 6.45) is 6.18. The molecule has 1 spiro atoms. The zero-order valence-corrected chi connectivity index (χ0v) is 16.5. The minimum atomic E-state index is 0.0139. The van der Waals surface area contributed by atoms with Gasteiger partial charge in [0.1, 0.15) is 17.2 Å². The maximum atomic E-state index is 9.99. The lowest BCUT2D eigenvalue weighted by molar-refractivity contribution is 0.380. The summed E-state index contributed by atoms with van der Waals surface area (Å²) >= 11 is 0. The molecule has 3 heteroatoms. The van der Waals surface area contributed by atoms with E-state index in [9.17, 15) is 10.2 Å². The minimum Gasteiger partial charge on any atom is -0.508 e. The highest BCUT2D eigenvalue weighted by molar-refractivity contribution is 5.88. The van der Waals surface area contributed by atoms with Crippen molar-refractivity contribution >= 4 is 11.6 Å². The summed E-state index contributed by atoms with van der Waals surface area (Å²) in [4.78, 5) is 0. The zero-order valence-electron chi connectivity index (χ0n) is 16.5. The molecule has 3 aromatic rings. The Labute approximate surface area is 170 Å². The lowest BCUT2D eigenvalue weighted by atomic mass is 9.65. The van der Waals surface area contributed by atoms with Crippen molar-refractivity contribution in [3.8, 4) is 17.2 Å². The molecule has 2 aliphatic carbocycles. The van der Waals surface area contributed by atoms with Gasteiger partial charge in [-0.05, 0) is 95.5 Å². The molecule has 0 fully saturated rings. The quantitative estimate of drug-likeness (QED) is 0.624. The van der Waals surface area contributed by atoms with E-state index in [2.05, 4.69) is 30.3 Å². The van der Waals surface area contributed by atoms with E-state index in [0.717, 1.165) is 37.0 Å². The van der Waals surface area contributed by atoms with E-state index in [1.807, 2.05) is 24.3 Å². The van der Waals surface area contributed by atoms with Gasteiger partial charge in [-0.3, -0.25) is 0 Å². The predicted molar refractivity (Wildman–Crippen MR) is 115 cm³/mol. The zero-order chi connectivity index (χ0) is 20.0. The van der Waals surface area contributed by atoms with Crippen molar-refractivity contribution in [1.82, 2.24) is 0 Å². The lowest BCUT2D eigenvalue weighted by Crippen LogP contribution is -2.28. The first-order valence-corrected chi connectivity index (χ1v) is 10.1. The van der Waals surface area contributed by atoms with E-state index in [4.69, 9.17) is 4.74 Å². The van der Waals surface area contributed by atoms with Gasteiger partial charge in [0, 0.05) is 5.41 Å². The maximum Gasteiger partial charge on any atom is 0.118 e. The number of hydrogen-bond acceptors (Lipinski definition) is 3. The van der Waals surface area contributed by atoms with Crippen LogP contribution in [-0.2, 0) is 19.3 Å². The van der Waals surface area contributed by atoms with Crippen LogP contribution in [0.4, 0.5) is 0 Å². The van der Waals surface area contributed by atoms with Crippen molar-refractivity contribution in [1.29, 1.82) is 0 Å². The molecule has 0 bridgehead atoms. The maximum absolute atomic E-state index is 9.99. The van der Waals surface area contributed by atoms with Gasteiger partial charge >= 0.3 is 0 Å². The van der Waals surface area contributed by atoms with Crippen molar-refractivity contribution in [2.24, 2.45) is 5.41 Å². The van der Waals surface area contributed by atoms with E-state index in [1.165, 1.54) is 27.8 Å². The number of ether oxygens (including phenoxy) is 1. The van der Waals surface area contributed by atoms with Crippen molar-refractivity contribution < 1.29 is 14.9 Å². The second-order valence-electron chi connectivity index (χ2n) is 8.26. The van der Waals surface area contributed by atoms with Gasteiger partial charge in [0.2, 0.25) is 0 Å². The van der Waals surface area contributed by atoms with Gasteiger partial charge in [-0.1, -0.05) is 30.3 Å². The molecule has 0 saturated carbocycles. The Morgan fingerprint density at radius 3 is 2.28 bits per heavy atom. The predicted octanol–water partition coefficient (Wildman–Crippen LogP) is 5.38. The van der Waals surface area contributed by atoms with E-state index in [1.54, 1.807) is 19.2 Å². The Morgan fingerprint density at radius 1 is 0.828 bits per heavy atom. The van der Waals surface area contributed by atoms with Crippen LogP contribution in [0.1, 0.15) is 34.2 Å². The van der Waals surface area contributed by atoms with E-state index < -0.39 is 0 Å². The van der Waals surface area contributed by atoms with Gasteiger partial charge in [0.15, 0.2) is 0 Å². The monoisotopic (exact) mass is 384 g/mol. The minimum absolute atomic E-state index is 0.0139. The van der Waals surface area contributed by atoms with Crippen LogP contribution in [-0.4, -0.2) is 17.3 Å². The van der Waals surface area contributed by atoms with Crippen LogP contribution in [0.5, 0.6) is 17.2 Å². The van der Waals surface area contributed by atoms with Crippen LogP contribution in [0.2, 0.25) is 0 Å². The Balaban J connectivity index is 1.64. The third-order valence-corrected chi connectivity index (χ3v) is 6.50. The number of rotatable bonds is 2. The first-order chi connectivity index (χ1) is 14.1. The Morgan fingerprint density at radius 2 is 1.52 bits per heavy atom. The molecule has 29 heavy (non-hydrogen) atoms. The van der Waals surface area contributed by atoms with Gasteiger partial charge in [0.25, 0.3) is 0 Å². The Bertz CT molecular complexity index is 1110. The summed E-state index contributed by atoms with van der Waals surface area (Å²) in [6.45, 7) is 0. The molecule has 2 aliphatic rings. The molecule has 0 aliphatic heterocycles. The Hall–Kier alpha value is -3.20. The molecule has 0 amide bonds. The third kappa shape index (κ3) is 3.07. The summed E-state index contributed by atoms with van der Waals surface area (Å²) < 4.78 is 5.30. The molecule has 0 heterocycles. The molecule has 0 radical (unpaired) electrons. The van der Waals surface area contributed by atoms with Gasteiger partial charge < -0.3 is 14.9 Å². The average Bonchev–Trinajstić information content (AvgIpc) is 3.09. The van der Waals surface area contributed by atoms with Crippen LogP contribution < -0.4 is 4.74 Å². The standard InChI is InChI=1S/C26H24O3/c1-29-23-7-2-17(3-8-23)12-25-24-9-6-22(28)13-18(24)10-11-26(25)15-19-4-5-21(27)14-20(19)16-26/h2-9,12-14,27-28H,10-11,15-16H2,1H3. The van der Waals surface area contributed by atoms with E-state index >= 15 is 0 Å². The van der Waals surface area contributed by atoms with E-state index in [0.29, 0.717) is 11.5 Å². The molecule has 0 aromatic heterocycles. The highest BCUT2D eigenvalue weighted by atomic mass is 16.5. The fraction of sp³-hybridized carbons (Fsp3) is 0.231. The second kappa shape index (κ2) is 6.70. The number of methoxy groups -OCH3 is 1. The lowest BCUT2D eigenvalue weighted by Gasteiger charge is -2.38. The summed E-state index contributed by atoms with van der Waals surface area (Å²) in [5.74, 6) is 1.50. The van der Waals surface area contributed by atoms with Crippen molar-refractivity contribution in [3.05, 3.63) is 88.5 Å². The van der Waals surface area contributed by atoms with Crippen molar-refractivity contribution in [2.45, 2.75) is 25.7 Å². The van der Waals surface area contributed by atoms with Gasteiger partial charge in [0.05, 0.1) is 7.11 Å². The number of phenols is 2. The summed E-state index contributed by atoms with van der Waals surface area (Å²) in [7, 11) is 1.68. The topological polar surface area (TPSA) is 49.7 Å². The van der Waals surface area contributed by atoms with Gasteiger partial charge in [-0.2, -0.15) is 0 Å². The van der Waals surface area contributed by atoms with Crippen molar-refractivity contribution in [2.75, 3.05) is 7.11 Å². The Kier molecular flexibility index (Phi) is 4.13. The van der Waals surface area contributed by atoms with Crippen molar-refractivity contribution in [3.63, 3.8) is 0 Å².